The number of carbonyl (C=O) groups is 1. The zero-order valence-corrected chi connectivity index (χ0v) is 20.6. The lowest BCUT2D eigenvalue weighted by molar-refractivity contribution is -0.121. The number of carbonyl (C=O) groups excluding carboxylic acids is 1. The van der Waals surface area contributed by atoms with E-state index in [1.165, 1.54) is 32.4 Å². The van der Waals surface area contributed by atoms with Gasteiger partial charge in [0.2, 0.25) is 15.9 Å². The average Bonchev–Trinajstić information content (AvgIpc) is 2.78. The van der Waals surface area contributed by atoms with E-state index in [1.54, 1.807) is 13.2 Å². The number of sulfonamides is 1. The number of nitrogens with one attached hydrogen (secondary N) is 2. The molecule has 0 heterocycles. The second-order valence-corrected chi connectivity index (χ2v) is 9.30. The molecule has 2 rings (SSSR count). The van der Waals surface area contributed by atoms with Crippen LogP contribution in [0.4, 0.5) is 0 Å². The molecular formula is C23H32N2O7S. The molecule has 1 unspecified atom stereocenters. The predicted octanol–water partition coefficient (Wildman–Crippen LogP) is 3.05. The minimum Gasteiger partial charge on any atom is -0.493 e. The zero-order chi connectivity index (χ0) is 24.6. The number of benzene rings is 2. The van der Waals surface area contributed by atoms with Gasteiger partial charge in [-0.25, -0.2) is 13.1 Å². The van der Waals surface area contributed by atoms with Gasteiger partial charge in [-0.2, -0.15) is 0 Å². The van der Waals surface area contributed by atoms with Crippen LogP contribution >= 0.6 is 0 Å². The van der Waals surface area contributed by atoms with E-state index in [9.17, 15) is 13.2 Å². The van der Waals surface area contributed by atoms with Gasteiger partial charge in [0.25, 0.3) is 0 Å². The lowest BCUT2D eigenvalue weighted by Gasteiger charge is -2.18. The van der Waals surface area contributed by atoms with Crippen LogP contribution in [0.15, 0.2) is 41.3 Å². The van der Waals surface area contributed by atoms with Gasteiger partial charge in [-0.05, 0) is 50.6 Å². The second-order valence-electron chi connectivity index (χ2n) is 7.53. The first-order chi connectivity index (χ1) is 15.6. The van der Waals surface area contributed by atoms with Gasteiger partial charge in [0.05, 0.1) is 38.4 Å². The van der Waals surface area contributed by atoms with Crippen molar-refractivity contribution in [2.75, 3.05) is 27.9 Å². The monoisotopic (exact) mass is 480 g/mol. The van der Waals surface area contributed by atoms with Crippen LogP contribution in [-0.4, -0.2) is 48.3 Å². The summed E-state index contributed by atoms with van der Waals surface area (Å²) in [5.41, 5.74) is 0.835. The van der Waals surface area contributed by atoms with E-state index in [-0.39, 0.29) is 35.9 Å². The van der Waals surface area contributed by atoms with Crippen LogP contribution in [0.5, 0.6) is 23.0 Å². The standard InChI is InChI=1S/C23H32N2O7S/c1-15(2)32-20-9-7-17(13-21(20)30-5)16(3)25-23(26)11-12-24-33(27,28)18-8-10-19(29-4)22(14-18)31-6/h7-10,13-16,24H,11-12H2,1-6H3,(H,25,26). The van der Waals surface area contributed by atoms with Gasteiger partial charge in [-0.1, -0.05) is 6.07 Å². The molecule has 0 saturated heterocycles. The highest BCUT2D eigenvalue weighted by Gasteiger charge is 2.18. The van der Waals surface area contributed by atoms with Gasteiger partial charge in [0.15, 0.2) is 23.0 Å². The van der Waals surface area contributed by atoms with Crippen molar-refractivity contribution in [2.45, 2.75) is 44.2 Å². The van der Waals surface area contributed by atoms with Crippen LogP contribution in [0.1, 0.15) is 38.8 Å². The predicted molar refractivity (Wildman–Crippen MR) is 125 cm³/mol. The molecule has 33 heavy (non-hydrogen) atoms. The third-order valence-corrected chi connectivity index (χ3v) is 6.20. The molecule has 0 fully saturated rings. The topological polar surface area (TPSA) is 112 Å². The maximum absolute atomic E-state index is 12.5. The van der Waals surface area contributed by atoms with E-state index >= 15 is 0 Å². The summed E-state index contributed by atoms with van der Waals surface area (Å²) < 4.78 is 48.9. The normalized spacial score (nSPS) is 12.2. The summed E-state index contributed by atoms with van der Waals surface area (Å²) in [5, 5.41) is 2.86. The smallest absolute Gasteiger partial charge is 0.240 e. The molecule has 0 aromatic heterocycles. The number of rotatable bonds is 12. The summed E-state index contributed by atoms with van der Waals surface area (Å²) in [6.45, 7) is 5.63. The molecule has 0 bridgehead atoms. The molecule has 0 spiro atoms. The Morgan fingerprint density at radius 1 is 0.879 bits per heavy atom. The quantitative estimate of drug-likeness (QED) is 0.480. The van der Waals surface area contributed by atoms with Crippen molar-refractivity contribution in [3.05, 3.63) is 42.0 Å². The van der Waals surface area contributed by atoms with Crippen molar-refractivity contribution in [3.8, 4) is 23.0 Å². The number of methoxy groups -OCH3 is 3. The third-order valence-electron chi connectivity index (χ3n) is 4.74. The van der Waals surface area contributed by atoms with Crippen molar-refractivity contribution in [1.29, 1.82) is 0 Å². The van der Waals surface area contributed by atoms with Crippen molar-refractivity contribution >= 4 is 15.9 Å². The molecule has 10 heteroatoms. The van der Waals surface area contributed by atoms with Gasteiger partial charge in [0.1, 0.15) is 0 Å². The fourth-order valence-electron chi connectivity index (χ4n) is 3.07. The Labute approximate surface area is 195 Å². The molecule has 0 aliphatic rings. The van der Waals surface area contributed by atoms with E-state index in [2.05, 4.69) is 10.0 Å². The summed E-state index contributed by atoms with van der Waals surface area (Å²) in [5.74, 6) is 1.63. The lowest BCUT2D eigenvalue weighted by Crippen LogP contribution is -2.32. The van der Waals surface area contributed by atoms with Gasteiger partial charge >= 0.3 is 0 Å². The molecule has 9 nitrogen and oxygen atoms in total. The lowest BCUT2D eigenvalue weighted by atomic mass is 10.1. The van der Waals surface area contributed by atoms with E-state index in [0.29, 0.717) is 23.0 Å². The number of hydrogen-bond donors (Lipinski definition) is 2. The molecule has 1 atom stereocenters. The summed E-state index contributed by atoms with van der Waals surface area (Å²) in [4.78, 5) is 12.4. The van der Waals surface area contributed by atoms with Crippen molar-refractivity contribution in [2.24, 2.45) is 0 Å². The maximum atomic E-state index is 12.5. The summed E-state index contributed by atoms with van der Waals surface area (Å²) in [7, 11) is 0.632. The Balaban J connectivity index is 1.94. The highest BCUT2D eigenvalue weighted by atomic mass is 32.2. The van der Waals surface area contributed by atoms with Gasteiger partial charge < -0.3 is 24.3 Å². The second kappa shape index (κ2) is 11.8. The molecular weight excluding hydrogens is 448 g/mol. The molecule has 0 saturated carbocycles. The third kappa shape index (κ3) is 7.26. The Morgan fingerprint density at radius 2 is 1.48 bits per heavy atom. The van der Waals surface area contributed by atoms with Crippen LogP contribution < -0.4 is 29.0 Å². The Bertz CT molecular complexity index is 1050. The first kappa shape index (κ1) is 26.3. The van der Waals surface area contributed by atoms with Gasteiger partial charge in [0, 0.05) is 19.0 Å². The highest BCUT2D eigenvalue weighted by molar-refractivity contribution is 7.89. The average molecular weight is 481 g/mol. The summed E-state index contributed by atoms with van der Waals surface area (Å²) in [6, 6.07) is 9.44. The van der Waals surface area contributed by atoms with Crippen molar-refractivity contribution in [1.82, 2.24) is 10.0 Å². The Kier molecular flexibility index (Phi) is 9.36. The highest BCUT2D eigenvalue weighted by Crippen LogP contribution is 2.31. The maximum Gasteiger partial charge on any atom is 0.240 e. The molecule has 0 aliphatic carbocycles. The molecule has 1 amide bonds. The van der Waals surface area contributed by atoms with Crippen molar-refractivity contribution < 1.29 is 32.2 Å². The molecule has 182 valence electrons. The van der Waals surface area contributed by atoms with E-state index in [0.717, 1.165) is 5.56 Å². The number of ether oxygens (including phenoxy) is 4. The Hall–Kier alpha value is -2.98. The first-order valence-electron chi connectivity index (χ1n) is 10.5. The summed E-state index contributed by atoms with van der Waals surface area (Å²) >= 11 is 0. The fraction of sp³-hybridized carbons (Fsp3) is 0.435. The first-order valence-corrected chi connectivity index (χ1v) is 11.9. The molecule has 2 N–H and O–H groups in total. The van der Waals surface area contributed by atoms with E-state index in [1.807, 2.05) is 32.9 Å². The van der Waals surface area contributed by atoms with E-state index < -0.39 is 10.0 Å². The molecule has 2 aromatic carbocycles. The van der Waals surface area contributed by atoms with Gasteiger partial charge in [-0.3, -0.25) is 4.79 Å². The number of hydrogen-bond acceptors (Lipinski definition) is 7. The minimum atomic E-state index is -3.81. The van der Waals surface area contributed by atoms with Crippen molar-refractivity contribution in [3.63, 3.8) is 0 Å². The van der Waals surface area contributed by atoms with E-state index in [4.69, 9.17) is 18.9 Å². The number of amides is 1. The van der Waals surface area contributed by atoms with Crippen LogP contribution in [0.2, 0.25) is 0 Å². The zero-order valence-electron chi connectivity index (χ0n) is 19.8. The van der Waals surface area contributed by atoms with Gasteiger partial charge in [-0.15, -0.1) is 0 Å². The largest absolute Gasteiger partial charge is 0.493 e. The SMILES string of the molecule is COc1ccc(S(=O)(=O)NCCC(=O)NC(C)c2ccc(OC(C)C)c(OC)c2)cc1OC. The molecule has 2 aromatic rings. The van der Waals surface area contributed by atoms with Crippen LogP contribution in [0.25, 0.3) is 0 Å². The molecule has 0 radical (unpaired) electrons. The minimum absolute atomic E-state index is 0.00431. The Morgan fingerprint density at radius 3 is 2.09 bits per heavy atom. The van der Waals surface area contributed by atoms with Crippen LogP contribution in [-0.2, 0) is 14.8 Å². The van der Waals surface area contributed by atoms with Crippen LogP contribution in [0, 0.1) is 0 Å². The molecule has 0 aliphatic heterocycles. The van der Waals surface area contributed by atoms with Crippen LogP contribution in [0.3, 0.4) is 0 Å². The fourth-order valence-corrected chi connectivity index (χ4v) is 4.11. The summed E-state index contributed by atoms with van der Waals surface area (Å²) in [6.07, 6.45) is -0.0209.